The third-order valence-corrected chi connectivity index (χ3v) is 4.35. The second kappa shape index (κ2) is 6.15. The van der Waals surface area contributed by atoms with Crippen molar-refractivity contribution < 1.29 is 48.3 Å². The predicted molar refractivity (Wildman–Crippen MR) is 59.0 cm³/mol. The van der Waals surface area contributed by atoms with Gasteiger partial charge in [-0.3, -0.25) is 0 Å². The van der Waals surface area contributed by atoms with Crippen molar-refractivity contribution in [2.45, 2.75) is 55.2 Å². The van der Waals surface area contributed by atoms with Gasteiger partial charge in [-0.15, -0.1) is 0 Å². The summed E-state index contributed by atoms with van der Waals surface area (Å²) in [7, 11) is -1.93. The minimum absolute atomic E-state index is 0.607. The van der Waals surface area contributed by atoms with E-state index < -0.39 is 57.5 Å². The topological polar surface area (TPSA) is 0 Å². The highest BCUT2D eigenvalue weighted by atomic mass is 28.3. The summed E-state index contributed by atoms with van der Waals surface area (Å²) in [5, 5.41) is 0. The maximum Gasteiger partial charge on any atom is 0.384 e. The zero-order valence-electron chi connectivity index (χ0n) is 11.4. The Morgan fingerprint density at radius 1 is 0.636 bits per heavy atom. The van der Waals surface area contributed by atoms with Gasteiger partial charge in [0, 0.05) is 15.2 Å². The highest BCUT2D eigenvalue weighted by Gasteiger charge is 2.85. The molecule has 0 radical (unpaired) electrons. The van der Waals surface area contributed by atoms with E-state index in [9.17, 15) is 48.3 Å². The van der Waals surface area contributed by atoms with Crippen LogP contribution in [0.1, 0.15) is 6.42 Å². The molecule has 0 heterocycles. The number of halogens is 11. The lowest BCUT2D eigenvalue weighted by molar-refractivity contribution is -0.402. The zero-order chi connectivity index (χ0) is 18.2. The molecule has 0 aliphatic carbocycles. The second-order valence-corrected chi connectivity index (χ2v) is 8.56. The molecule has 22 heavy (non-hydrogen) atoms. The SMILES string of the molecule is C[SiH](C)CCC(F)(F)C(F)(F)C(F)(F)C(F)(F)C(F)(F)CF. The van der Waals surface area contributed by atoms with Gasteiger partial charge in [0.2, 0.25) is 0 Å². The smallest absolute Gasteiger partial charge is 0.244 e. The molecule has 0 aliphatic rings. The summed E-state index contributed by atoms with van der Waals surface area (Å²) >= 11 is 0. The van der Waals surface area contributed by atoms with Gasteiger partial charge in [-0.2, -0.15) is 43.9 Å². The summed E-state index contributed by atoms with van der Waals surface area (Å²) in [6, 6.07) is -0.607. The highest BCUT2D eigenvalue weighted by molar-refractivity contribution is 6.55. The van der Waals surface area contributed by atoms with E-state index >= 15 is 0 Å². The molecule has 0 aromatic carbocycles. The Kier molecular flexibility index (Phi) is 6.00. The van der Waals surface area contributed by atoms with Gasteiger partial charge < -0.3 is 0 Å². The van der Waals surface area contributed by atoms with E-state index in [-0.39, 0.29) is 0 Å². The molecule has 0 atom stereocenters. The molecule has 0 saturated heterocycles. The van der Waals surface area contributed by atoms with E-state index in [0.717, 1.165) is 0 Å². The van der Waals surface area contributed by atoms with Crippen molar-refractivity contribution in [3.05, 3.63) is 0 Å². The van der Waals surface area contributed by atoms with Crippen LogP contribution in [0.5, 0.6) is 0 Å². The van der Waals surface area contributed by atoms with Crippen molar-refractivity contribution in [2.75, 3.05) is 6.67 Å². The van der Waals surface area contributed by atoms with Gasteiger partial charge in [0.25, 0.3) is 0 Å². The van der Waals surface area contributed by atoms with Crippen LogP contribution in [0, 0.1) is 0 Å². The Morgan fingerprint density at radius 3 is 1.32 bits per heavy atom. The van der Waals surface area contributed by atoms with Crippen LogP contribution in [0.25, 0.3) is 0 Å². The van der Waals surface area contributed by atoms with Gasteiger partial charge in [-0.25, -0.2) is 4.39 Å². The summed E-state index contributed by atoms with van der Waals surface area (Å²) in [6.07, 6.45) is -1.86. The lowest BCUT2D eigenvalue weighted by atomic mass is 9.93. The minimum atomic E-state index is -7.14. The second-order valence-electron chi connectivity index (χ2n) is 5.20. The Bertz CT molecular complexity index is 377. The van der Waals surface area contributed by atoms with Crippen LogP contribution in [-0.2, 0) is 0 Å². The molecule has 0 unspecified atom stereocenters. The summed E-state index contributed by atoms with van der Waals surface area (Å²) < 4.78 is 141. The van der Waals surface area contributed by atoms with Gasteiger partial charge >= 0.3 is 29.6 Å². The average Bonchev–Trinajstić information content (AvgIpc) is 2.35. The molecule has 0 aromatic heterocycles. The number of rotatable bonds is 8. The van der Waals surface area contributed by atoms with E-state index in [4.69, 9.17) is 0 Å². The molecule has 0 fully saturated rings. The first kappa shape index (κ1) is 21.4. The molecule has 0 N–H and O–H groups in total. The molecule has 0 bridgehead atoms. The van der Waals surface area contributed by atoms with Gasteiger partial charge in [0.1, 0.15) is 0 Å². The van der Waals surface area contributed by atoms with Crippen LogP contribution in [0.2, 0.25) is 19.1 Å². The summed E-state index contributed by atoms with van der Waals surface area (Å²) in [5.74, 6) is -32.8. The Morgan fingerprint density at radius 2 is 1.00 bits per heavy atom. The van der Waals surface area contributed by atoms with Gasteiger partial charge in [0.15, 0.2) is 6.67 Å². The lowest BCUT2D eigenvalue weighted by Crippen LogP contribution is -2.67. The predicted octanol–water partition coefficient (Wildman–Crippen LogP) is 5.01. The van der Waals surface area contributed by atoms with Crippen molar-refractivity contribution in [3.63, 3.8) is 0 Å². The summed E-state index contributed by atoms with van der Waals surface area (Å²) in [6.45, 7) is -0.605. The van der Waals surface area contributed by atoms with Gasteiger partial charge in [0.05, 0.1) is 0 Å². The molecule has 12 heteroatoms. The minimum Gasteiger partial charge on any atom is -0.244 e. The lowest BCUT2D eigenvalue weighted by Gasteiger charge is -2.39. The molecule has 0 nitrogen and oxygen atoms in total. The van der Waals surface area contributed by atoms with Crippen LogP contribution < -0.4 is 0 Å². The Labute approximate surface area is 120 Å². The van der Waals surface area contributed by atoms with E-state index in [0.29, 0.717) is 0 Å². The van der Waals surface area contributed by atoms with Crippen LogP contribution in [0.15, 0.2) is 0 Å². The number of hydrogen-bond donors (Lipinski definition) is 0. The molecule has 0 spiro atoms. The molecule has 0 aliphatic heterocycles. The number of alkyl halides is 11. The largest absolute Gasteiger partial charge is 0.384 e. The molecule has 0 rings (SSSR count). The van der Waals surface area contributed by atoms with Gasteiger partial charge in [-0.05, 0) is 0 Å². The van der Waals surface area contributed by atoms with Crippen molar-refractivity contribution in [2.24, 2.45) is 0 Å². The average molecular weight is 370 g/mol. The fourth-order valence-corrected chi connectivity index (χ4v) is 2.31. The molecular formula is C10H13F11Si. The maximum atomic E-state index is 13.2. The highest BCUT2D eigenvalue weighted by Crippen LogP contribution is 2.57. The fraction of sp³-hybridized carbons (Fsp3) is 1.00. The molecular weight excluding hydrogens is 357 g/mol. The molecule has 134 valence electrons. The van der Waals surface area contributed by atoms with E-state index in [1.807, 2.05) is 0 Å². The van der Waals surface area contributed by atoms with Gasteiger partial charge in [-0.1, -0.05) is 19.1 Å². The van der Waals surface area contributed by atoms with E-state index in [1.54, 1.807) is 0 Å². The van der Waals surface area contributed by atoms with Crippen molar-refractivity contribution >= 4 is 8.80 Å². The van der Waals surface area contributed by atoms with Crippen molar-refractivity contribution in [1.82, 2.24) is 0 Å². The summed E-state index contributed by atoms with van der Waals surface area (Å²) in [4.78, 5) is 0. The third kappa shape index (κ3) is 3.35. The van der Waals surface area contributed by atoms with Crippen molar-refractivity contribution in [3.8, 4) is 0 Å². The first-order valence-electron chi connectivity index (χ1n) is 5.93. The Balaban J connectivity index is 5.74. The number of hydrogen-bond acceptors (Lipinski definition) is 0. The third-order valence-electron chi connectivity index (χ3n) is 2.91. The van der Waals surface area contributed by atoms with Crippen molar-refractivity contribution in [1.29, 1.82) is 0 Å². The van der Waals surface area contributed by atoms with Crippen LogP contribution in [0.3, 0.4) is 0 Å². The molecule has 0 saturated carbocycles. The molecule has 0 amide bonds. The van der Waals surface area contributed by atoms with Crippen LogP contribution in [0.4, 0.5) is 48.3 Å². The summed E-state index contributed by atoms with van der Waals surface area (Å²) in [5.41, 5.74) is 0. The monoisotopic (exact) mass is 370 g/mol. The normalized spacial score (nSPS) is 15.5. The van der Waals surface area contributed by atoms with Crippen LogP contribution in [-0.4, -0.2) is 45.1 Å². The fourth-order valence-electron chi connectivity index (χ4n) is 1.37. The quantitative estimate of drug-likeness (QED) is 0.416. The first-order chi connectivity index (χ1) is 9.48. The first-order valence-corrected chi connectivity index (χ1v) is 9.05. The Hall–Kier alpha value is -0.553. The van der Waals surface area contributed by atoms with Crippen LogP contribution >= 0.6 is 0 Å². The molecule has 0 aromatic rings. The van der Waals surface area contributed by atoms with E-state index in [2.05, 4.69) is 0 Å². The van der Waals surface area contributed by atoms with E-state index in [1.165, 1.54) is 13.1 Å². The zero-order valence-corrected chi connectivity index (χ0v) is 12.5. The maximum absolute atomic E-state index is 13.2. The standard InChI is InChI=1S/C10H13F11Si/c1-22(2)4-3-6(12,13)8(16,17)10(20,21)9(18,19)7(14,15)5-11/h22H,3-5H2,1-2H3.